The lowest BCUT2D eigenvalue weighted by atomic mass is 9.98. The predicted octanol–water partition coefficient (Wildman–Crippen LogP) is 1.67. The molecule has 2 atom stereocenters. The monoisotopic (exact) mass is 455 g/mol. The third kappa shape index (κ3) is 5.88. The first-order valence-corrected chi connectivity index (χ1v) is 10.6. The van der Waals surface area contributed by atoms with E-state index in [0.717, 1.165) is 22.3 Å². The zero-order chi connectivity index (χ0) is 24.0. The SMILES string of the molecule is COC(CNC(=O)OCC1c2ccccc2-c2ccccc21)C(=O)NC(CN(C)C)C(=O)O. The van der Waals surface area contributed by atoms with Crippen molar-refractivity contribution in [3.05, 3.63) is 59.7 Å². The number of carbonyl (C=O) groups excluding carboxylic acids is 2. The molecule has 0 aromatic heterocycles. The number of carboxylic acids is 1. The highest BCUT2D eigenvalue weighted by molar-refractivity contribution is 5.87. The smallest absolute Gasteiger partial charge is 0.407 e. The Labute approximate surface area is 192 Å². The van der Waals surface area contributed by atoms with Gasteiger partial charge in [0.1, 0.15) is 12.6 Å². The van der Waals surface area contributed by atoms with Crippen molar-refractivity contribution in [2.75, 3.05) is 40.9 Å². The molecule has 1 aliphatic rings. The second kappa shape index (κ2) is 10.9. The van der Waals surface area contributed by atoms with E-state index in [9.17, 15) is 19.5 Å². The fraction of sp³-hybridized carbons (Fsp3) is 0.375. The lowest BCUT2D eigenvalue weighted by Gasteiger charge is -2.22. The number of rotatable bonds is 10. The van der Waals surface area contributed by atoms with Crippen molar-refractivity contribution in [1.82, 2.24) is 15.5 Å². The van der Waals surface area contributed by atoms with E-state index >= 15 is 0 Å². The third-order valence-corrected chi connectivity index (χ3v) is 5.51. The molecule has 2 amide bonds. The molecule has 2 aromatic carbocycles. The maximum atomic E-state index is 12.4. The van der Waals surface area contributed by atoms with Crippen molar-refractivity contribution in [3.8, 4) is 11.1 Å². The van der Waals surface area contributed by atoms with Crippen molar-refractivity contribution < 1.29 is 29.0 Å². The summed E-state index contributed by atoms with van der Waals surface area (Å²) in [6, 6.07) is 14.9. The Hall–Kier alpha value is -3.43. The van der Waals surface area contributed by atoms with Crippen LogP contribution in [0.5, 0.6) is 0 Å². The molecule has 33 heavy (non-hydrogen) atoms. The van der Waals surface area contributed by atoms with Gasteiger partial charge in [-0.1, -0.05) is 48.5 Å². The van der Waals surface area contributed by atoms with Crippen LogP contribution in [0.15, 0.2) is 48.5 Å². The van der Waals surface area contributed by atoms with Gasteiger partial charge in [0, 0.05) is 19.6 Å². The van der Waals surface area contributed by atoms with Crippen LogP contribution < -0.4 is 10.6 Å². The van der Waals surface area contributed by atoms with Crippen LogP contribution in [0.4, 0.5) is 4.79 Å². The van der Waals surface area contributed by atoms with Crippen molar-refractivity contribution in [2.24, 2.45) is 0 Å². The van der Waals surface area contributed by atoms with Crippen LogP contribution >= 0.6 is 0 Å². The number of alkyl carbamates (subject to hydrolysis) is 1. The van der Waals surface area contributed by atoms with Crippen LogP contribution in [0.25, 0.3) is 11.1 Å². The average molecular weight is 456 g/mol. The number of fused-ring (bicyclic) bond motifs is 3. The van der Waals surface area contributed by atoms with E-state index in [1.807, 2.05) is 36.4 Å². The largest absolute Gasteiger partial charge is 0.480 e. The number of amides is 2. The Bertz CT molecular complexity index is 964. The number of ether oxygens (including phenoxy) is 2. The molecule has 0 aliphatic heterocycles. The normalized spacial score (nSPS) is 14.2. The molecule has 3 N–H and O–H groups in total. The van der Waals surface area contributed by atoms with Crippen LogP contribution in [-0.4, -0.2) is 81.0 Å². The second-order valence-electron chi connectivity index (χ2n) is 8.09. The molecular formula is C24H29N3O6. The predicted molar refractivity (Wildman–Crippen MR) is 122 cm³/mol. The molecule has 0 spiro atoms. The number of hydrogen-bond acceptors (Lipinski definition) is 6. The van der Waals surface area contributed by atoms with E-state index in [1.165, 1.54) is 7.11 Å². The van der Waals surface area contributed by atoms with Crippen molar-refractivity contribution in [3.63, 3.8) is 0 Å². The van der Waals surface area contributed by atoms with Gasteiger partial charge in [0.15, 0.2) is 6.10 Å². The van der Waals surface area contributed by atoms with Crippen LogP contribution in [-0.2, 0) is 19.1 Å². The minimum absolute atomic E-state index is 0.0768. The number of nitrogens with zero attached hydrogens (tertiary/aromatic N) is 1. The molecule has 0 radical (unpaired) electrons. The van der Waals surface area contributed by atoms with Crippen LogP contribution in [0, 0.1) is 0 Å². The number of benzene rings is 2. The van der Waals surface area contributed by atoms with Gasteiger partial charge in [-0.05, 0) is 36.3 Å². The summed E-state index contributed by atoms with van der Waals surface area (Å²) in [4.78, 5) is 37.7. The van der Waals surface area contributed by atoms with Gasteiger partial charge in [0.05, 0.1) is 6.54 Å². The summed E-state index contributed by atoms with van der Waals surface area (Å²) in [6.45, 7) is 0.109. The Balaban J connectivity index is 1.55. The summed E-state index contributed by atoms with van der Waals surface area (Å²) in [5, 5.41) is 14.2. The fourth-order valence-electron chi connectivity index (χ4n) is 3.92. The van der Waals surface area contributed by atoms with E-state index in [4.69, 9.17) is 9.47 Å². The van der Waals surface area contributed by atoms with Gasteiger partial charge in [0.25, 0.3) is 5.91 Å². The molecule has 0 fully saturated rings. The zero-order valence-corrected chi connectivity index (χ0v) is 18.9. The molecule has 9 heteroatoms. The topological polar surface area (TPSA) is 117 Å². The highest BCUT2D eigenvalue weighted by Gasteiger charge is 2.30. The first-order chi connectivity index (χ1) is 15.8. The fourth-order valence-corrected chi connectivity index (χ4v) is 3.92. The number of carbonyl (C=O) groups is 3. The van der Waals surface area contributed by atoms with Gasteiger partial charge in [-0.3, -0.25) is 4.79 Å². The molecular weight excluding hydrogens is 426 g/mol. The van der Waals surface area contributed by atoms with Gasteiger partial charge in [-0.25, -0.2) is 9.59 Å². The zero-order valence-electron chi connectivity index (χ0n) is 18.9. The van der Waals surface area contributed by atoms with Gasteiger partial charge in [-0.2, -0.15) is 0 Å². The molecule has 0 heterocycles. The summed E-state index contributed by atoms with van der Waals surface area (Å²) in [5.74, 6) is -1.87. The standard InChI is InChI=1S/C24H29N3O6/c1-27(2)13-20(23(29)30)26-22(28)21(32-3)12-25-24(31)33-14-19-17-10-6-4-8-15(17)16-9-5-7-11-18(16)19/h4-11,19-21H,12-14H2,1-3H3,(H,25,31)(H,26,28)(H,29,30). The number of methoxy groups -OCH3 is 1. The number of aliphatic carboxylic acids is 1. The van der Waals surface area contributed by atoms with E-state index in [-0.39, 0.29) is 25.6 Å². The quantitative estimate of drug-likeness (QED) is 0.499. The molecule has 0 saturated carbocycles. The molecule has 3 rings (SSSR count). The number of nitrogens with one attached hydrogen (secondary N) is 2. The molecule has 1 aliphatic carbocycles. The Morgan fingerprint density at radius 1 is 1.03 bits per heavy atom. The lowest BCUT2D eigenvalue weighted by Crippen LogP contribution is -2.52. The van der Waals surface area contributed by atoms with E-state index < -0.39 is 30.1 Å². The van der Waals surface area contributed by atoms with Crippen molar-refractivity contribution >= 4 is 18.0 Å². The molecule has 176 valence electrons. The minimum atomic E-state index is -1.16. The summed E-state index contributed by atoms with van der Waals surface area (Å²) in [5.41, 5.74) is 4.45. The summed E-state index contributed by atoms with van der Waals surface area (Å²) >= 11 is 0. The minimum Gasteiger partial charge on any atom is -0.480 e. The maximum Gasteiger partial charge on any atom is 0.407 e. The van der Waals surface area contributed by atoms with E-state index in [0.29, 0.717) is 0 Å². The molecule has 0 saturated heterocycles. The highest BCUT2D eigenvalue weighted by atomic mass is 16.5. The van der Waals surface area contributed by atoms with E-state index in [2.05, 4.69) is 22.8 Å². The molecule has 9 nitrogen and oxygen atoms in total. The molecule has 0 bridgehead atoms. The van der Waals surface area contributed by atoms with Crippen molar-refractivity contribution in [1.29, 1.82) is 0 Å². The molecule has 2 unspecified atom stereocenters. The Morgan fingerprint density at radius 3 is 2.12 bits per heavy atom. The van der Waals surface area contributed by atoms with Gasteiger partial charge < -0.3 is 30.1 Å². The number of hydrogen-bond donors (Lipinski definition) is 3. The van der Waals surface area contributed by atoms with Crippen LogP contribution in [0.2, 0.25) is 0 Å². The third-order valence-electron chi connectivity index (χ3n) is 5.51. The van der Waals surface area contributed by atoms with Gasteiger partial charge >= 0.3 is 12.1 Å². The lowest BCUT2D eigenvalue weighted by molar-refractivity contribution is -0.144. The van der Waals surface area contributed by atoms with Crippen LogP contribution in [0.3, 0.4) is 0 Å². The van der Waals surface area contributed by atoms with Crippen molar-refractivity contribution in [2.45, 2.75) is 18.1 Å². The molecule has 2 aromatic rings. The first kappa shape index (κ1) is 24.2. The summed E-state index contributed by atoms with van der Waals surface area (Å²) in [6.07, 6.45) is -1.75. The number of likely N-dealkylation sites (N-methyl/N-ethyl adjacent to an activating group) is 1. The Morgan fingerprint density at radius 2 is 1.61 bits per heavy atom. The summed E-state index contributed by atoms with van der Waals surface area (Å²) in [7, 11) is 4.72. The maximum absolute atomic E-state index is 12.4. The van der Waals surface area contributed by atoms with Gasteiger partial charge in [-0.15, -0.1) is 0 Å². The van der Waals surface area contributed by atoms with Crippen LogP contribution in [0.1, 0.15) is 17.0 Å². The number of carboxylic acid groups (broad SMARTS) is 1. The highest BCUT2D eigenvalue weighted by Crippen LogP contribution is 2.44. The average Bonchev–Trinajstić information content (AvgIpc) is 3.11. The second-order valence-corrected chi connectivity index (χ2v) is 8.09. The van der Waals surface area contributed by atoms with E-state index in [1.54, 1.807) is 19.0 Å². The van der Waals surface area contributed by atoms with Gasteiger partial charge in [0.2, 0.25) is 0 Å². The summed E-state index contributed by atoms with van der Waals surface area (Å²) < 4.78 is 10.6. The Kier molecular flexibility index (Phi) is 8.02. The first-order valence-electron chi connectivity index (χ1n) is 10.6.